The van der Waals surface area contributed by atoms with Gasteiger partial charge in [0.2, 0.25) is 10.0 Å². The van der Waals surface area contributed by atoms with Crippen molar-refractivity contribution in [3.05, 3.63) is 29.8 Å². The quantitative estimate of drug-likeness (QED) is 0.763. The van der Waals surface area contributed by atoms with Crippen LogP contribution in [0.1, 0.15) is 26.3 Å². The largest absolute Gasteiger partial charge is 0.494 e. The summed E-state index contributed by atoms with van der Waals surface area (Å²) in [5.41, 5.74) is 0.526. The first-order valence-electron chi connectivity index (χ1n) is 6.64. The Morgan fingerprint density at radius 2 is 1.90 bits per heavy atom. The van der Waals surface area contributed by atoms with Gasteiger partial charge < -0.3 is 10.1 Å². The monoisotopic (exact) mass is 300 g/mol. The second-order valence-electron chi connectivity index (χ2n) is 5.40. The second-order valence-corrected chi connectivity index (χ2v) is 7.15. The van der Waals surface area contributed by atoms with E-state index in [4.69, 9.17) is 4.74 Å². The molecule has 20 heavy (non-hydrogen) atoms. The Hall–Kier alpha value is -1.11. The number of ether oxygens (including phenoxy) is 1. The third-order valence-corrected chi connectivity index (χ3v) is 3.54. The van der Waals surface area contributed by atoms with Gasteiger partial charge in [-0.2, -0.15) is 0 Å². The summed E-state index contributed by atoms with van der Waals surface area (Å²) in [5.74, 6) is 0.858. The molecule has 0 fully saturated rings. The number of benzene rings is 1. The summed E-state index contributed by atoms with van der Waals surface area (Å²) in [6.45, 7) is 7.41. The first kappa shape index (κ1) is 16.9. The van der Waals surface area contributed by atoms with Gasteiger partial charge in [0.05, 0.1) is 12.9 Å². The van der Waals surface area contributed by atoms with Crippen LogP contribution < -0.4 is 14.8 Å². The molecule has 1 aromatic rings. The standard InChI is InChI=1S/C14H24N2O3S/c1-5-19-13-9-7-6-8-12(13)10-15-11-14(2,3)16-20(4,17)18/h6-9,15-16H,5,10-11H2,1-4H3. The third-order valence-electron chi connectivity index (χ3n) is 2.62. The van der Waals surface area contributed by atoms with Crippen LogP contribution in [-0.4, -0.2) is 33.4 Å². The fourth-order valence-electron chi connectivity index (χ4n) is 1.99. The molecule has 0 heterocycles. The maximum atomic E-state index is 11.3. The molecule has 0 aliphatic carbocycles. The highest BCUT2D eigenvalue weighted by atomic mass is 32.2. The molecular formula is C14H24N2O3S. The molecule has 0 unspecified atom stereocenters. The molecule has 114 valence electrons. The van der Waals surface area contributed by atoms with Crippen molar-refractivity contribution in [1.29, 1.82) is 0 Å². The maximum absolute atomic E-state index is 11.3. The highest BCUT2D eigenvalue weighted by Crippen LogP contribution is 2.17. The van der Waals surface area contributed by atoms with Gasteiger partial charge in [0.25, 0.3) is 0 Å². The Kier molecular flexibility index (Phi) is 5.98. The van der Waals surface area contributed by atoms with Crippen LogP contribution in [0.2, 0.25) is 0 Å². The zero-order chi connectivity index (χ0) is 15.2. The van der Waals surface area contributed by atoms with E-state index in [9.17, 15) is 8.42 Å². The summed E-state index contributed by atoms with van der Waals surface area (Å²) in [6.07, 6.45) is 1.17. The van der Waals surface area contributed by atoms with Gasteiger partial charge in [-0.25, -0.2) is 13.1 Å². The summed E-state index contributed by atoms with van der Waals surface area (Å²) in [7, 11) is -3.21. The average molecular weight is 300 g/mol. The molecule has 5 nitrogen and oxygen atoms in total. The second kappa shape index (κ2) is 7.06. The van der Waals surface area contributed by atoms with Gasteiger partial charge in [0.15, 0.2) is 0 Å². The van der Waals surface area contributed by atoms with E-state index in [1.165, 1.54) is 6.26 Å². The van der Waals surface area contributed by atoms with E-state index in [1.54, 1.807) is 0 Å². The van der Waals surface area contributed by atoms with Gasteiger partial charge in [-0.3, -0.25) is 0 Å². The number of sulfonamides is 1. The van der Waals surface area contributed by atoms with E-state index in [0.29, 0.717) is 19.7 Å². The molecule has 0 aromatic heterocycles. The zero-order valence-corrected chi connectivity index (χ0v) is 13.4. The molecule has 0 amide bonds. The Bertz CT molecular complexity index is 527. The highest BCUT2D eigenvalue weighted by molar-refractivity contribution is 7.88. The van der Waals surface area contributed by atoms with E-state index in [-0.39, 0.29) is 0 Å². The smallest absolute Gasteiger partial charge is 0.209 e. The van der Waals surface area contributed by atoms with Crippen LogP contribution in [0.4, 0.5) is 0 Å². The zero-order valence-electron chi connectivity index (χ0n) is 12.6. The minimum atomic E-state index is -3.21. The van der Waals surface area contributed by atoms with Gasteiger partial charge in [0, 0.05) is 24.2 Å². The minimum absolute atomic E-state index is 0.528. The van der Waals surface area contributed by atoms with Gasteiger partial charge in [-0.05, 0) is 26.8 Å². The third kappa shape index (κ3) is 6.36. The van der Waals surface area contributed by atoms with Crippen molar-refractivity contribution in [2.24, 2.45) is 0 Å². The highest BCUT2D eigenvalue weighted by Gasteiger charge is 2.21. The van der Waals surface area contributed by atoms with Crippen LogP contribution in [0.15, 0.2) is 24.3 Å². The molecule has 0 aliphatic heterocycles. The molecule has 0 atom stereocenters. The summed E-state index contributed by atoms with van der Waals surface area (Å²) in [5, 5.41) is 3.26. The number of nitrogens with one attached hydrogen (secondary N) is 2. The minimum Gasteiger partial charge on any atom is -0.494 e. The maximum Gasteiger partial charge on any atom is 0.209 e. The van der Waals surface area contributed by atoms with Crippen LogP contribution >= 0.6 is 0 Å². The fraction of sp³-hybridized carbons (Fsp3) is 0.571. The molecule has 2 N–H and O–H groups in total. The van der Waals surface area contributed by atoms with E-state index < -0.39 is 15.6 Å². The number of para-hydroxylation sites is 1. The summed E-state index contributed by atoms with van der Waals surface area (Å²) in [4.78, 5) is 0. The first-order valence-corrected chi connectivity index (χ1v) is 8.53. The Balaban J connectivity index is 2.56. The van der Waals surface area contributed by atoms with E-state index in [0.717, 1.165) is 11.3 Å². The number of hydrogen-bond acceptors (Lipinski definition) is 4. The van der Waals surface area contributed by atoms with Gasteiger partial charge in [-0.1, -0.05) is 18.2 Å². The fourth-order valence-corrected chi connectivity index (χ4v) is 3.07. The van der Waals surface area contributed by atoms with E-state index in [1.807, 2.05) is 45.0 Å². The molecule has 0 saturated heterocycles. The van der Waals surface area contributed by atoms with Crippen molar-refractivity contribution >= 4 is 10.0 Å². The predicted octanol–water partition coefficient (Wildman–Crippen LogP) is 1.50. The number of hydrogen-bond donors (Lipinski definition) is 2. The van der Waals surface area contributed by atoms with E-state index in [2.05, 4.69) is 10.0 Å². The average Bonchev–Trinajstić information content (AvgIpc) is 2.28. The van der Waals surface area contributed by atoms with Gasteiger partial charge in [0.1, 0.15) is 5.75 Å². The van der Waals surface area contributed by atoms with Crippen LogP contribution in [0.5, 0.6) is 5.75 Å². The molecular weight excluding hydrogens is 276 g/mol. The topological polar surface area (TPSA) is 67.4 Å². The summed E-state index contributed by atoms with van der Waals surface area (Å²) >= 11 is 0. The van der Waals surface area contributed by atoms with Crippen LogP contribution in [0, 0.1) is 0 Å². The van der Waals surface area contributed by atoms with E-state index >= 15 is 0 Å². The van der Waals surface area contributed by atoms with Crippen molar-refractivity contribution in [3.8, 4) is 5.75 Å². The molecule has 1 rings (SSSR count). The van der Waals surface area contributed by atoms with Crippen LogP contribution in [-0.2, 0) is 16.6 Å². The molecule has 0 saturated carbocycles. The SMILES string of the molecule is CCOc1ccccc1CNCC(C)(C)NS(C)(=O)=O. The summed E-state index contributed by atoms with van der Waals surface area (Å²) in [6, 6.07) is 7.82. The Morgan fingerprint density at radius 1 is 1.25 bits per heavy atom. The molecule has 6 heteroatoms. The van der Waals surface area contributed by atoms with Crippen LogP contribution in [0.25, 0.3) is 0 Å². The lowest BCUT2D eigenvalue weighted by molar-refractivity contribution is 0.334. The Morgan fingerprint density at radius 3 is 2.50 bits per heavy atom. The Labute approximate surface area is 121 Å². The molecule has 0 radical (unpaired) electrons. The van der Waals surface area contributed by atoms with Gasteiger partial charge in [-0.15, -0.1) is 0 Å². The van der Waals surface area contributed by atoms with Crippen LogP contribution in [0.3, 0.4) is 0 Å². The molecule has 0 spiro atoms. The first-order chi connectivity index (χ1) is 9.23. The molecule has 0 aliphatic rings. The van der Waals surface area contributed by atoms with Crippen molar-refractivity contribution < 1.29 is 13.2 Å². The lowest BCUT2D eigenvalue weighted by Gasteiger charge is -2.25. The molecule has 1 aromatic carbocycles. The normalized spacial score (nSPS) is 12.4. The summed E-state index contributed by atoms with van der Waals surface area (Å²) < 4.78 is 30.7. The van der Waals surface area contributed by atoms with Crippen molar-refractivity contribution in [1.82, 2.24) is 10.0 Å². The number of rotatable bonds is 8. The van der Waals surface area contributed by atoms with Gasteiger partial charge >= 0.3 is 0 Å². The van der Waals surface area contributed by atoms with Crippen molar-refractivity contribution in [2.45, 2.75) is 32.9 Å². The van der Waals surface area contributed by atoms with Crippen molar-refractivity contribution in [2.75, 3.05) is 19.4 Å². The van der Waals surface area contributed by atoms with Crippen molar-refractivity contribution in [3.63, 3.8) is 0 Å². The predicted molar refractivity (Wildman–Crippen MR) is 81.4 cm³/mol. The lowest BCUT2D eigenvalue weighted by Crippen LogP contribution is -2.49. The molecule has 0 bridgehead atoms. The lowest BCUT2D eigenvalue weighted by atomic mass is 10.1.